The average molecular weight is 408 g/mol. The molecule has 0 radical (unpaired) electrons. The second kappa shape index (κ2) is 7.55. The molecule has 0 saturated heterocycles. The molecule has 3 rings (SSSR count). The van der Waals surface area contributed by atoms with Crippen LogP contribution in [0.3, 0.4) is 0 Å². The molecule has 1 heterocycles. The highest BCUT2D eigenvalue weighted by molar-refractivity contribution is 7.89. The van der Waals surface area contributed by atoms with Crippen LogP contribution in [0.5, 0.6) is 0 Å². The fourth-order valence-corrected chi connectivity index (χ4v) is 3.95. The van der Waals surface area contributed by atoms with Crippen LogP contribution in [-0.4, -0.2) is 18.7 Å². The number of benzene rings is 2. The van der Waals surface area contributed by atoms with Gasteiger partial charge in [0.25, 0.3) is 0 Å². The maximum Gasteiger partial charge on any atom is 0.238 e. The summed E-state index contributed by atoms with van der Waals surface area (Å²) in [4.78, 5) is 12.2. The lowest BCUT2D eigenvalue weighted by Crippen LogP contribution is -2.17. The Balaban J connectivity index is 1.87. The van der Waals surface area contributed by atoms with Crippen molar-refractivity contribution in [1.82, 2.24) is 4.37 Å². The molecule has 26 heavy (non-hydrogen) atoms. The first-order valence-corrected chi connectivity index (χ1v) is 10.2. The molecular weight excluding hydrogens is 394 g/mol. The van der Waals surface area contributed by atoms with Gasteiger partial charge in [-0.15, -0.1) is 0 Å². The number of carbonyl (C=O) groups excluding carboxylic acids is 1. The number of amides is 1. The summed E-state index contributed by atoms with van der Waals surface area (Å²) in [6.07, 6.45) is 1.63. The average Bonchev–Trinajstić information content (AvgIpc) is 3.10. The van der Waals surface area contributed by atoms with Crippen LogP contribution < -0.4 is 10.5 Å². The molecule has 2 aromatic carbocycles. The van der Waals surface area contributed by atoms with E-state index in [2.05, 4.69) is 9.69 Å². The summed E-state index contributed by atoms with van der Waals surface area (Å²) in [6.45, 7) is 0. The Kier molecular flexibility index (Phi) is 5.38. The Morgan fingerprint density at radius 3 is 2.65 bits per heavy atom. The SMILES string of the molecule is NS(=O)(=O)c1cc(NC(=O)Cc2ccccc2Cl)ccc1-c1cnsc1. The van der Waals surface area contributed by atoms with Gasteiger partial charge in [0, 0.05) is 33.4 Å². The van der Waals surface area contributed by atoms with Crippen LogP contribution in [0.1, 0.15) is 5.56 Å². The quantitative estimate of drug-likeness (QED) is 0.677. The summed E-state index contributed by atoms with van der Waals surface area (Å²) >= 11 is 7.26. The molecule has 1 amide bonds. The monoisotopic (exact) mass is 407 g/mol. The van der Waals surface area contributed by atoms with Gasteiger partial charge in [-0.1, -0.05) is 35.9 Å². The number of primary sulfonamides is 1. The number of sulfonamides is 1. The summed E-state index contributed by atoms with van der Waals surface area (Å²) in [5.74, 6) is -0.316. The lowest BCUT2D eigenvalue weighted by molar-refractivity contribution is -0.115. The zero-order valence-corrected chi connectivity index (χ0v) is 15.7. The summed E-state index contributed by atoms with van der Waals surface area (Å²) < 4.78 is 27.9. The standard InChI is InChI=1S/C17H14ClN3O3S2/c18-15-4-2-1-3-11(15)7-17(22)21-13-5-6-14(12-9-20-25-10-12)16(8-13)26(19,23)24/h1-6,8-10H,7H2,(H,21,22)(H2,19,23,24). The minimum absolute atomic E-state index is 0.0700. The third-order valence-electron chi connectivity index (χ3n) is 3.62. The van der Waals surface area contributed by atoms with Gasteiger partial charge >= 0.3 is 0 Å². The maximum absolute atomic E-state index is 12.2. The second-order valence-corrected chi connectivity index (χ2v) is 8.08. The van der Waals surface area contributed by atoms with Gasteiger partial charge in [-0.2, -0.15) is 0 Å². The maximum atomic E-state index is 12.2. The van der Waals surface area contributed by atoms with Crippen molar-refractivity contribution in [2.24, 2.45) is 5.14 Å². The molecule has 0 atom stereocenters. The van der Waals surface area contributed by atoms with Crippen LogP contribution >= 0.6 is 23.1 Å². The Morgan fingerprint density at radius 1 is 1.23 bits per heavy atom. The predicted molar refractivity (Wildman–Crippen MR) is 103 cm³/mol. The third-order valence-corrected chi connectivity index (χ3v) is 5.53. The zero-order valence-electron chi connectivity index (χ0n) is 13.3. The van der Waals surface area contributed by atoms with Gasteiger partial charge in [0.15, 0.2) is 0 Å². The molecule has 0 unspecified atom stereocenters. The van der Waals surface area contributed by atoms with Crippen molar-refractivity contribution >= 4 is 44.8 Å². The first-order chi connectivity index (χ1) is 12.3. The van der Waals surface area contributed by atoms with Crippen molar-refractivity contribution in [1.29, 1.82) is 0 Å². The molecule has 0 saturated carbocycles. The number of carbonyl (C=O) groups is 1. The lowest BCUT2D eigenvalue weighted by atomic mass is 10.1. The van der Waals surface area contributed by atoms with Gasteiger partial charge in [-0.3, -0.25) is 4.79 Å². The Hall–Kier alpha value is -2.26. The van der Waals surface area contributed by atoms with Crippen LogP contribution in [0.15, 0.2) is 58.9 Å². The van der Waals surface area contributed by atoms with E-state index in [0.29, 0.717) is 27.4 Å². The van der Waals surface area contributed by atoms with Gasteiger partial charge in [0.05, 0.1) is 11.3 Å². The van der Waals surface area contributed by atoms with Gasteiger partial charge in [0.1, 0.15) is 0 Å². The zero-order chi connectivity index (χ0) is 18.7. The van der Waals surface area contributed by atoms with Gasteiger partial charge in [-0.05, 0) is 35.3 Å². The molecule has 1 aromatic heterocycles. The molecule has 6 nitrogen and oxygen atoms in total. The summed E-state index contributed by atoms with van der Waals surface area (Å²) in [6, 6.07) is 11.6. The summed E-state index contributed by atoms with van der Waals surface area (Å²) in [7, 11) is -3.98. The highest BCUT2D eigenvalue weighted by atomic mass is 35.5. The van der Waals surface area contributed by atoms with Crippen LogP contribution in [0, 0.1) is 0 Å². The largest absolute Gasteiger partial charge is 0.326 e. The van der Waals surface area contributed by atoms with Crippen molar-refractivity contribution in [3.8, 4) is 11.1 Å². The molecule has 0 aliphatic carbocycles. The van der Waals surface area contributed by atoms with Crippen molar-refractivity contribution < 1.29 is 13.2 Å². The minimum atomic E-state index is -3.98. The number of hydrogen-bond acceptors (Lipinski definition) is 5. The van der Waals surface area contributed by atoms with E-state index in [0.717, 1.165) is 0 Å². The normalized spacial score (nSPS) is 11.3. The van der Waals surface area contributed by atoms with Crippen molar-refractivity contribution in [3.05, 3.63) is 64.6 Å². The van der Waals surface area contributed by atoms with Crippen LogP contribution in [0.25, 0.3) is 11.1 Å². The number of anilines is 1. The van der Waals surface area contributed by atoms with Crippen LogP contribution in [0.2, 0.25) is 5.02 Å². The smallest absolute Gasteiger partial charge is 0.238 e. The van der Waals surface area contributed by atoms with E-state index in [1.807, 2.05) is 0 Å². The molecule has 134 valence electrons. The lowest BCUT2D eigenvalue weighted by Gasteiger charge is -2.11. The topological polar surface area (TPSA) is 102 Å². The highest BCUT2D eigenvalue weighted by Gasteiger charge is 2.18. The summed E-state index contributed by atoms with van der Waals surface area (Å²) in [5, 5.41) is 10.2. The minimum Gasteiger partial charge on any atom is -0.326 e. The van der Waals surface area contributed by atoms with E-state index in [-0.39, 0.29) is 17.2 Å². The molecule has 0 fully saturated rings. The molecule has 3 N–H and O–H groups in total. The first-order valence-electron chi connectivity index (χ1n) is 7.44. The molecule has 0 spiro atoms. The van der Waals surface area contributed by atoms with Crippen molar-refractivity contribution in [2.45, 2.75) is 11.3 Å². The van der Waals surface area contributed by atoms with Crippen molar-refractivity contribution in [3.63, 3.8) is 0 Å². The number of rotatable bonds is 5. The number of halogens is 1. The van der Waals surface area contributed by atoms with E-state index in [1.54, 1.807) is 48.0 Å². The van der Waals surface area contributed by atoms with E-state index in [1.165, 1.54) is 17.6 Å². The number of nitrogens with zero attached hydrogens (tertiary/aromatic N) is 1. The molecular formula is C17H14ClN3O3S2. The first kappa shape index (κ1) is 18.5. The number of aromatic nitrogens is 1. The molecule has 0 bridgehead atoms. The number of nitrogens with two attached hydrogens (primary N) is 1. The Bertz CT molecular complexity index is 1050. The molecule has 9 heteroatoms. The molecule has 0 aliphatic heterocycles. The van der Waals surface area contributed by atoms with E-state index in [9.17, 15) is 13.2 Å². The fraction of sp³-hybridized carbons (Fsp3) is 0.0588. The Labute approximate surface area is 159 Å². The van der Waals surface area contributed by atoms with Crippen LogP contribution in [-0.2, 0) is 21.2 Å². The summed E-state index contributed by atoms with van der Waals surface area (Å²) in [5.41, 5.74) is 2.09. The van der Waals surface area contributed by atoms with E-state index in [4.69, 9.17) is 16.7 Å². The second-order valence-electron chi connectivity index (χ2n) is 5.49. The van der Waals surface area contributed by atoms with Gasteiger partial charge in [0.2, 0.25) is 15.9 Å². The number of nitrogens with one attached hydrogen (secondary N) is 1. The fourth-order valence-electron chi connectivity index (χ4n) is 2.43. The Morgan fingerprint density at radius 2 is 2.00 bits per heavy atom. The van der Waals surface area contributed by atoms with E-state index < -0.39 is 10.0 Å². The molecule has 3 aromatic rings. The van der Waals surface area contributed by atoms with Crippen LogP contribution in [0.4, 0.5) is 5.69 Å². The molecule has 0 aliphatic rings. The van der Waals surface area contributed by atoms with Gasteiger partial charge < -0.3 is 5.32 Å². The number of hydrogen-bond donors (Lipinski definition) is 2. The van der Waals surface area contributed by atoms with Gasteiger partial charge in [-0.25, -0.2) is 17.9 Å². The third kappa shape index (κ3) is 4.28. The predicted octanol–water partition coefficient (Wildman–Crippen LogP) is 3.29. The highest BCUT2D eigenvalue weighted by Crippen LogP contribution is 2.30. The van der Waals surface area contributed by atoms with Crippen molar-refractivity contribution in [2.75, 3.05) is 5.32 Å². The van der Waals surface area contributed by atoms with E-state index >= 15 is 0 Å².